The van der Waals surface area contributed by atoms with Gasteiger partial charge in [0.05, 0.1) is 34.4 Å². The van der Waals surface area contributed by atoms with Gasteiger partial charge in [0.25, 0.3) is 0 Å². The van der Waals surface area contributed by atoms with Crippen LogP contribution in [0.25, 0.3) is 11.3 Å². The Morgan fingerprint density at radius 1 is 1.00 bits per heavy atom. The third-order valence-electron chi connectivity index (χ3n) is 5.29. The molecule has 1 saturated carbocycles. The van der Waals surface area contributed by atoms with E-state index in [2.05, 4.69) is 35.0 Å². The number of alkyl halides is 3. The molecular weight excluding hydrogens is 487 g/mol. The minimum Gasteiger partial charge on any atom is -0.310 e. The molecule has 3 aromatic rings. The van der Waals surface area contributed by atoms with Crippen LogP contribution in [0.2, 0.25) is 0 Å². The highest BCUT2D eigenvalue weighted by molar-refractivity contribution is 7.93. The lowest BCUT2D eigenvalue weighted by Crippen LogP contribution is -2.36. The highest BCUT2D eigenvalue weighted by Crippen LogP contribution is 2.30. The van der Waals surface area contributed by atoms with Crippen molar-refractivity contribution in [2.24, 2.45) is 0 Å². The van der Waals surface area contributed by atoms with Gasteiger partial charge in [-0.2, -0.15) is 13.2 Å². The summed E-state index contributed by atoms with van der Waals surface area (Å²) in [6, 6.07) is 4.37. The number of halogens is 3. The number of hydrogen-bond donors (Lipinski definition) is 2. The number of amides is 1. The van der Waals surface area contributed by atoms with Crippen LogP contribution < -0.4 is 10.0 Å². The van der Waals surface area contributed by atoms with Gasteiger partial charge in [0.15, 0.2) is 5.69 Å². The molecule has 0 radical (unpaired) electrons. The summed E-state index contributed by atoms with van der Waals surface area (Å²) in [6.07, 6.45) is 0.951. The minimum atomic E-state index is -4.63. The second-order valence-electron chi connectivity index (χ2n) is 8.41. The van der Waals surface area contributed by atoms with Crippen LogP contribution >= 0.6 is 0 Å². The molecule has 0 saturated heterocycles. The fraction of sp³-hybridized carbons (Fsp3) is 0.333. The van der Waals surface area contributed by atoms with E-state index in [0.29, 0.717) is 19.0 Å². The molecule has 14 heteroatoms. The molecule has 10 nitrogen and oxygen atoms in total. The molecule has 0 bridgehead atoms. The first-order valence-corrected chi connectivity index (χ1v) is 11.9. The molecule has 1 aliphatic rings. The molecule has 0 atom stereocenters. The van der Waals surface area contributed by atoms with E-state index in [1.54, 1.807) is 13.8 Å². The molecule has 0 aliphatic heterocycles. The maximum atomic E-state index is 13.0. The van der Waals surface area contributed by atoms with Gasteiger partial charge in [-0.25, -0.2) is 28.4 Å². The number of nitrogens with zero attached hydrogens (tertiary/aromatic N) is 5. The van der Waals surface area contributed by atoms with E-state index < -0.39 is 38.5 Å². The Balaban J connectivity index is 1.48. The zero-order chi connectivity index (χ0) is 25.4. The van der Waals surface area contributed by atoms with Crippen molar-refractivity contribution in [3.63, 3.8) is 0 Å². The van der Waals surface area contributed by atoms with Crippen molar-refractivity contribution in [3.05, 3.63) is 54.4 Å². The number of aromatic nitrogens is 5. The van der Waals surface area contributed by atoms with Crippen molar-refractivity contribution in [1.82, 2.24) is 24.9 Å². The fourth-order valence-electron chi connectivity index (χ4n) is 2.99. The molecule has 3 heterocycles. The van der Waals surface area contributed by atoms with Crippen LogP contribution in [0.1, 0.15) is 38.1 Å². The van der Waals surface area contributed by atoms with Gasteiger partial charge < -0.3 is 5.32 Å². The smallest absolute Gasteiger partial charge is 0.310 e. The van der Waals surface area contributed by atoms with Gasteiger partial charge in [-0.3, -0.25) is 14.5 Å². The second-order valence-corrected chi connectivity index (χ2v) is 10.4. The molecule has 0 unspecified atom stereocenters. The molecule has 1 amide bonds. The molecule has 0 aromatic carbocycles. The van der Waals surface area contributed by atoms with Crippen LogP contribution in [0.15, 0.2) is 43.0 Å². The summed E-state index contributed by atoms with van der Waals surface area (Å²) < 4.78 is 65.3. The van der Waals surface area contributed by atoms with Gasteiger partial charge >= 0.3 is 6.18 Å². The molecule has 184 valence electrons. The first kappa shape index (κ1) is 24.4. The van der Waals surface area contributed by atoms with E-state index in [1.807, 2.05) is 0 Å². The van der Waals surface area contributed by atoms with E-state index in [0.717, 1.165) is 0 Å². The average molecular weight is 507 g/mol. The number of carbonyl (C=O) groups is 1. The van der Waals surface area contributed by atoms with Crippen LogP contribution in [0.4, 0.5) is 24.9 Å². The number of anilines is 2. The average Bonchev–Trinajstić information content (AvgIpc) is 3.65. The molecule has 4 rings (SSSR count). The summed E-state index contributed by atoms with van der Waals surface area (Å²) in [7, 11) is -3.57. The molecule has 1 aliphatic carbocycles. The monoisotopic (exact) mass is 507 g/mol. The molecule has 0 spiro atoms. The zero-order valence-corrected chi connectivity index (χ0v) is 19.4. The maximum Gasteiger partial charge on any atom is 0.434 e. The topological polar surface area (TPSA) is 140 Å². The number of hydrogen-bond acceptors (Lipinski definition) is 8. The summed E-state index contributed by atoms with van der Waals surface area (Å²) in [5, 5.41) is 2.17. The number of nitrogens with one attached hydrogen (secondary N) is 2. The van der Waals surface area contributed by atoms with Crippen LogP contribution in [0.3, 0.4) is 0 Å². The Hall–Kier alpha value is -3.68. The summed E-state index contributed by atoms with van der Waals surface area (Å²) in [4.78, 5) is 32.3. The summed E-state index contributed by atoms with van der Waals surface area (Å²) in [5.41, 5.74) is -1.79. The molecular formula is C21H20F3N7O3S. The summed E-state index contributed by atoms with van der Waals surface area (Å²) >= 11 is 0. The first-order valence-electron chi connectivity index (χ1n) is 10.4. The normalized spacial score (nSPS) is 14.4. The number of rotatable bonds is 7. The third kappa shape index (κ3) is 5.53. The van der Waals surface area contributed by atoms with Gasteiger partial charge in [-0.15, -0.1) is 0 Å². The number of pyridine rings is 1. The van der Waals surface area contributed by atoms with Crippen LogP contribution in [-0.2, 0) is 26.4 Å². The Morgan fingerprint density at radius 2 is 1.74 bits per heavy atom. The lowest BCUT2D eigenvalue weighted by molar-refractivity contribution is -0.141. The minimum absolute atomic E-state index is 0.0207. The van der Waals surface area contributed by atoms with E-state index >= 15 is 0 Å². The Morgan fingerprint density at radius 3 is 2.37 bits per heavy atom. The quantitative estimate of drug-likeness (QED) is 0.497. The Bertz CT molecular complexity index is 1360. The van der Waals surface area contributed by atoms with E-state index in [4.69, 9.17) is 0 Å². The number of sulfonamides is 1. The van der Waals surface area contributed by atoms with Crippen molar-refractivity contribution in [2.75, 3.05) is 10.0 Å². The SMILES string of the molecule is CC(C)(C(=O)Nc1ccc(-c2cncc(C(F)(F)F)n2)cn1)c1ccnc(NS(=O)(=O)C2CC2)n1. The van der Waals surface area contributed by atoms with Crippen molar-refractivity contribution in [2.45, 2.75) is 43.5 Å². The second kappa shape index (κ2) is 8.83. The molecule has 3 aromatic heterocycles. The maximum absolute atomic E-state index is 13.0. The lowest BCUT2D eigenvalue weighted by Gasteiger charge is -2.23. The standard InChI is InChI=1S/C21H20F3N7O3S/c1-20(2,15-7-8-26-19(29-15)31-35(33,34)13-4-5-13)18(32)30-17-6-3-12(9-27-17)14-10-25-11-16(28-14)21(22,23)24/h3,6-11,13H,4-5H2,1-2H3,(H,26,29,31)(H,27,30,32). The van der Waals surface area contributed by atoms with Crippen LogP contribution in [0, 0.1) is 0 Å². The largest absolute Gasteiger partial charge is 0.434 e. The van der Waals surface area contributed by atoms with Crippen molar-refractivity contribution in [1.29, 1.82) is 0 Å². The lowest BCUT2D eigenvalue weighted by atomic mass is 9.88. The van der Waals surface area contributed by atoms with Gasteiger partial charge in [-0.1, -0.05) is 0 Å². The highest BCUT2D eigenvalue weighted by Gasteiger charge is 2.37. The van der Waals surface area contributed by atoms with Gasteiger partial charge in [0, 0.05) is 18.0 Å². The van der Waals surface area contributed by atoms with E-state index in [1.165, 1.54) is 36.8 Å². The van der Waals surface area contributed by atoms with Crippen molar-refractivity contribution in [3.8, 4) is 11.3 Å². The Kier molecular flexibility index (Phi) is 6.17. The van der Waals surface area contributed by atoms with Gasteiger partial charge in [0.1, 0.15) is 5.82 Å². The zero-order valence-electron chi connectivity index (χ0n) is 18.5. The third-order valence-corrected chi connectivity index (χ3v) is 7.10. The summed E-state index contributed by atoms with van der Waals surface area (Å²) in [6.45, 7) is 3.19. The fourth-order valence-corrected chi connectivity index (χ4v) is 4.27. The predicted molar refractivity (Wildman–Crippen MR) is 120 cm³/mol. The predicted octanol–water partition coefficient (Wildman–Crippen LogP) is 3.17. The van der Waals surface area contributed by atoms with Gasteiger partial charge in [-0.05, 0) is 44.9 Å². The first-order chi connectivity index (χ1) is 16.4. The Labute approximate surface area is 198 Å². The highest BCUT2D eigenvalue weighted by atomic mass is 32.2. The van der Waals surface area contributed by atoms with Crippen molar-refractivity contribution >= 4 is 27.7 Å². The molecule has 1 fully saturated rings. The number of carbonyl (C=O) groups excluding carboxylic acids is 1. The van der Waals surface area contributed by atoms with Crippen molar-refractivity contribution < 1.29 is 26.4 Å². The molecule has 35 heavy (non-hydrogen) atoms. The molecule has 2 N–H and O–H groups in total. The van der Waals surface area contributed by atoms with Gasteiger partial charge in [0.2, 0.25) is 21.9 Å². The van der Waals surface area contributed by atoms with Crippen LogP contribution in [-0.4, -0.2) is 44.5 Å². The summed E-state index contributed by atoms with van der Waals surface area (Å²) in [5.74, 6) is -0.471. The van der Waals surface area contributed by atoms with Crippen LogP contribution in [0.5, 0.6) is 0 Å². The van der Waals surface area contributed by atoms with E-state index in [9.17, 15) is 26.4 Å². The van der Waals surface area contributed by atoms with E-state index in [-0.39, 0.29) is 28.7 Å².